The number of aliphatic hydroxyl groups excluding tert-OH is 1. The van der Waals surface area contributed by atoms with Gasteiger partial charge in [0.25, 0.3) is 5.91 Å². The van der Waals surface area contributed by atoms with Gasteiger partial charge in [0.1, 0.15) is 30.6 Å². The number of amides is 1. The minimum absolute atomic E-state index is 0.00229. The summed E-state index contributed by atoms with van der Waals surface area (Å²) < 4.78 is 21.0. The predicted molar refractivity (Wildman–Crippen MR) is 95.8 cm³/mol. The minimum Gasteiger partial charge on any atom is -0.491 e. The van der Waals surface area contributed by atoms with Crippen LogP contribution in [0.3, 0.4) is 0 Å². The monoisotopic (exact) mass is 377 g/mol. The summed E-state index contributed by atoms with van der Waals surface area (Å²) in [6.45, 7) is 1.38. The van der Waals surface area contributed by atoms with Crippen molar-refractivity contribution in [2.45, 2.75) is 25.4 Å². The first-order valence-corrected chi connectivity index (χ1v) is 8.95. The van der Waals surface area contributed by atoms with Crippen molar-refractivity contribution in [2.24, 2.45) is 12.8 Å². The van der Waals surface area contributed by atoms with Crippen LogP contribution in [0.2, 0.25) is 0 Å². The third kappa shape index (κ3) is 4.09. The second-order valence-electron chi connectivity index (χ2n) is 6.56. The van der Waals surface area contributed by atoms with Crippen LogP contribution in [0.25, 0.3) is 0 Å². The molecule has 2 aromatic rings. The fraction of sp³-hybridized carbons (Fsp3) is 0.500. The molecular weight excluding hydrogens is 353 g/mol. The number of benzene rings is 1. The van der Waals surface area contributed by atoms with Crippen molar-refractivity contribution in [2.75, 3.05) is 26.2 Å². The Morgan fingerprint density at radius 3 is 2.96 bits per heavy atom. The maximum Gasteiger partial charge on any atom is 0.257 e. The van der Waals surface area contributed by atoms with Gasteiger partial charge in [0.05, 0.1) is 5.56 Å². The number of ether oxygens (including phenoxy) is 1. The van der Waals surface area contributed by atoms with Gasteiger partial charge in [-0.25, -0.2) is 4.39 Å². The van der Waals surface area contributed by atoms with E-state index in [1.54, 1.807) is 16.5 Å². The highest BCUT2D eigenvalue weighted by atomic mass is 19.1. The van der Waals surface area contributed by atoms with Crippen LogP contribution >= 0.6 is 0 Å². The number of nitrogens with two attached hydrogens (primary N) is 1. The smallest absolute Gasteiger partial charge is 0.257 e. The Morgan fingerprint density at radius 2 is 2.26 bits per heavy atom. The summed E-state index contributed by atoms with van der Waals surface area (Å²) in [5, 5.41) is 17.4. The third-order valence-corrected chi connectivity index (χ3v) is 4.76. The number of aromatic nitrogens is 3. The fourth-order valence-electron chi connectivity index (χ4n) is 3.38. The van der Waals surface area contributed by atoms with Crippen LogP contribution in [0.4, 0.5) is 4.39 Å². The molecule has 1 saturated heterocycles. The molecule has 1 fully saturated rings. The summed E-state index contributed by atoms with van der Waals surface area (Å²) in [7, 11) is 1.80. The van der Waals surface area contributed by atoms with Crippen LogP contribution in [0.15, 0.2) is 18.2 Å². The molecule has 8 nitrogen and oxygen atoms in total. The molecule has 1 aromatic carbocycles. The quantitative estimate of drug-likeness (QED) is 0.771. The maximum absolute atomic E-state index is 13.7. The lowest BCUT2D eigenvalue weighted by Crippen LogP contribution is -2.40. The maximum atomic E-state index is 13.7. The fourth-order valence-corrected chi connectivity index (χ4v) is 3.38. The molecule has 1 aromatic heterocycles. The minimum atomic E-state index is -0.493. The van der Waals surface area contributed by atoms with Gasteiger partial charge in [-0.15, -0.1) is 10.2 Å². The molecule has 27 heavy (non-hydrogen) atoms. The average molecular weight is 377 g/mol. The van der Waals surface area contributed by atoms with Crippen LogP contribution in [0, 0.1) is 5.82 Å². The lowest BCUT2D eigenvalue weighted by molar-refractivity contribution is 0.0698. The lowest BCUT2D eigenvalue weighted by Gasteiger charge is -2.32. The zero-order valence-electron chi connectivity index (χ0n) is 15.3. The van der Waals surface area contributed by atoms with E-state index in [1.807, 2.05) is 0 Å². The Labute approximate surface area is 156 Å². The first-order valence-electron chi connectivity index (χ1n) is 8.95. The van der Waals surface area contributed by atoms with Crippen molar-refractivity contribution >= 4 is 5.91 Å². The van der Waals surface area contributed by atoms with Crippen molar-refractivity contribution in [3.05, 3.63) is 41.2 Å². The first kappa shape index (κ1) is 19.2. The first-order chi connectivity index (χ1) is 13.0. The van der Waals surface area contributed by atoms with Gasteiger partial charge in [-0.1, -0.05) is 0 Å². The standard InChI is InChI=1S/C18H24FN5O3/c1-23-16(11-25)21-22-17(23)12-3-2-7-24(10-12)18(26)14-9-13(19)4-5-15(14)27-8-6-20/h4-5,9,12,25H,2-3,6-8,10-11,20H2,1H3/t12-/m0/s1. The number of nitrogens with zero attached hydrogens (tertiary/aromatic N) is 4. The molecular formula is C18H24FN5O3. The van der Waals surface area contributed by atoms with Crippen molar-refractivity contribution in [3.8, 4) is 5.75 Å². The highest BCUT2D eigenvalue weighted by Gasteiger charge is 2.30. The number of carbonyl (C=O) groups excluding carboxylic acids is 1. The molecule has 0 saturated carbocycles. The second kappa shape index (κ2) is 8.45. The van der Waals surface area contributed by atoms with Crippen LogP contribution in [-0.4, -0.2) is 56.9 Å². The van der Waals surface area contributed by atoms with Crippen molar-refractivity contribution in [1.82, 2.24) is 19.7 Å². The molecule has 1 atom stereocenters. The molecule has 0 aliphatic carbocycles. The van der Waals surface area contributed by atoms with Crippen LogP contribution in [0.5, 0.6) is 5.75 Å². The van der Waals surface area contributed by atoms with Crippen molar-refractivity contribution in [3.63, 3.8) is 0 Å². The van der Waals surface area contributed by atoms with E-state index in [0.29, 0.717) is 31.2 Å². The number of halogens is 1. The van der Waals surface area contributed by atoms with E-state index in [4.69, 9.17) is 10.5 Å². The van der Waals surface area contributed by atoms with Gasteiger partial charge in [0.2, 0.25) is 0 Å². The lowest BCUT2D eigenvalue weighted by atomic mass is 9.96. The summed E-state index contributed by atoms with van der Waals surface area (Å²) >= 11 is 0. The van der Waals surface area contributed by atoms with Gasteiger partial charge in [0.15, 0.2) is 5.82 Å². The van der Waals surface area contributed by atoms with Gasteiger partial charge in [-0.2, -0.15) is 0 Å². The van der Waals surface area contributed by atoms with Crippen LogP contribution < -0.4 is 10.5 Å². The predicted octanol–water partition coefficient (Wildman–Crippen LogP) is 0.804. The van der Waals surface area contributed by atoms with Crippen LogP contribution in [-0.2, 0) is 13.7 Å². The number of hydrogen-bond acceptors (Lipinski definition) is 6. The Bertz CT molecular complexity index is 810. The number of piperidine rings is 1. The van der Waals surface area contributed by atoms with Gasteiger partial charge >= 0.3 is 0 Å². The SMILES string of the molecule is Cn1c(CO)nnc1[C@H]1CCCN(C(=O)c2cc(F)ccc2OCCN)C1. The molecule has 1 aliphatic heterocycles. The van der Waals surface area contributed by atoms with Gasteiger partial charge in [-0.3, -0.25) is 4.79 Å². The number of aliphatic hydroxyl groups is 1. The van der Waals surface area contributed by atoms with Crippen LogP contribution in [0.1, 0.15) is 40.8 Å². The second-order valence-corrected chi connectivity index (χ2v) is 6.56. The van der Waals surface area contributed by atoms with Gasteiger partial charge < -0.3 is 25.0 Å². The zero-order chi connectivity index (χ0) is 19.4. The third-order valence-electron chi connectivity index (χ3n) is 4.76. The molecule has 1 amide bonds. The summed E-state index contributed by atoms with van der Waals surface area (Å²) in [6, 6.07) is 3.91. The van der Waals surface area contributed by atoms with E-state index in [9.17, 15) is 14.3 Å². The number of carbonyl (C=O) groups is 1. The Balaban J connectivity index is 1.81. The van der Waals surface area contributed by atoms with E-state index in [1.165, 1.54) is 18.2 Å². The molecule has 2 heterocycles. The summed E-state index contributed by atoms with van der Waals surface area (Å²) in [5.41, 5.74) is 5.65. The van der Waals surface area contributed by atoms with E-state index in [-0.39, 0.29) is 30.6 Å². The van der Waals surface area contributed by atoms with Gasteiger partial charge in [-0.05, 0) is 31.0 Å². The van der Waals surface area contributed by atoms with E-state index < -0.39 is 5.82 Å². The molecule has 3 N–H and O–H groups in total. The molecule has 1 aliphatic rings. The number of hydrogen-bond donors (Lipinski definition) is 2. The Morgan fingerprint density at radius 1 is 1.44 bits per heavy atom. The van der Waals surface area contributed by atoms with E-state index in [2.05, 4.69) is 10.2 Å². The molecule has 0 unspecified atom stereocenters. The average Bonchev–Trinajstić information content (AvgIpc) is 3.07. The van der Waals surface area contributed by atoms with E-state index >= 15 is 0 Å². The molecule has 0 radical (unpaired) electrons. The molecule has 9 heteroatoms. The summed E-state index contributed by atoms with van der Waals surface area (Å²) in [6.07, 6.45) is 1.66. The summed E-state index contributed by atoms with van der Waals surface area (Å²) in [5.74, 6) is 0.771. The molecule has 3 rings (SSSR count). The highest BCUT2D eigenvalue weighted by molar-refractivity contribution is 5.97. The highest BCUT2D eigenvalue weighted by Crippen LogP contribution is 2.29. The van der Waals surface area contributed by atoms with Crippen molar-refractivity contribution < 1.29 is 19.0 Å². The normalized spacial score (nSPS) is 17.2. The number of rotatable bonds is 6. The molecule has 146 valence electrons. The largest absolute Gasteiger partial charge is 0.491 e. The van der Waals surface area contributed by atoms with E-state index in [0.717, 1.165) is 18.7 Å². The molecule has 0 bridgehead atoms. The van der Waals surface area contributed by atoms with Gasteiger partial charge in [0, 0.05) is 32.6 Å². The van der Waals surface area contributed by atoms with Crippen molar-refractivity contribution in [1.29, 1.82) is 0 Å². The Kier molecular flexibility index (Phi) is 6.02. The Hall–Kier alpha value is -2.52. The molecule has 0 spiro atoms. The summed E-state index contributed by atoms with van der Waals surface area (Å²) in [4.78, 5) is 14.7. The number of likely N-dealkylation sites (tertiary alicyclic amines) is 1. The topological polar surface area (TPSA) is 106 Å². The zero-order valence-corrected chi connectivity index (χ0v) is 15.3.